The normalized spacial score (nSPS) is 12.3. The highest BCUT2D eigenvalue weighted by atomic mass is 16.6. The summed E-state index contributed by atoms with van der Waals surface area (Å²) in [6.45, 7) is 6.33. The van der Waals surface area contributed by atoms with Crippen molar-refractivity contribution in [3.63, 3.8) is 0 Å². The molecule has 2 N–H and O–H groups in total. The van der Waals surface area contributed by atoms with E-state index < -0.39 is 29.6 Å². The van der Waals surface area contributed by atoms with Crippen LogP contribution in [-0.2, 0) is 19.1 Å². The molecule has 0 radical (unpaired) electrons. The van der Waals surface area contributed by atoms with E-state index in [9.17, 15) is 14.4 Å². The zero-order valence-corrected chi connectivity index (χ0v) is 11.3. The van der Waals surface area contributed by atoms with Crippen LogP contribution in [0.3, 0.4) is 0 Å². The molecule has 0 saturated heterocycles. The van der Waals surface area contributed by atoms with Crippen LogP contribution in [0.5, 0.6) is 0 Å². The van der Waals surface area contributed by atoms with Crippen molar-refractivity contribution < 1.29 is 23.9 Å². The van der Waals surface area contributed by atoms with Gasteiger partial charge in [-0.2, -0.15) is 0 Å². The van der Waals surface area contributed by atoms with Gasteiger partial charge in [-0.1, -0.05) is 0 Å². The van der Waals surface area contributed by atoms with Crippen LogP contribution in [0.15, 0.2) is 0 Å². The summed E-state index contributed by atoms with van der Waals surface area (Å²) >= 11 is 0. The topological polar surface area (TPSA) is 93.7 Å². The van der Waals surface area contributed by atoms with E-state index >= 15 is 0 Å². The number of hydrogen-bond acceptors (Lipinski definition) is 5. The van der Waals surface area contributed by atoms with Crippen molar-refractivity contribution in [3.8, 4) is 0 Å². The maximum atomic E-state index is 11.4. The summed E-state index contributed by atoms with van der Waals surface area (Å²) < 4.78 is 9.49. The van der Waals surface area contributed by atoms with Gasteiger partial charge in [0.2, 0.25) is 5.91 Å². The predicted molar refractivity (Wildman–Crippen MR) is 63.9 cm³/mol. The molecule has 0 aliphatic carbocycles. The summed E-state index contributed by atoms with van der Waals surface area (Å²) in [5.41, 5.74) is -0.626. The number of carbonyl (C=O) groups is 3. The molecule has 0 saturated carbocycles. The molecule has 7 nitrogen and oxygen atoms in total. The highest BCUT2D eigenvalue weighted by molar-refractivity contribution is 5.83. The smallest absolute Gasteiger partial charge is 0.407 e. The second-order valence-electron chi connectivity index (χ2n) is 4.66. The second-order valence-corrected chi connectivity index (χ2v) is 4.66. The number of ether oxygens (including phenoxy) is 2. The van der Waals surface area contributed by atoms with Gasteiger partial charge in [0, 0.05) is 6.92 Å². The number of alkyl carbamates (subject to hydrolysis) is 1. The molecule has 0 aliphatic rings. The zero-order chi connectivity index (χ0) is 14.3. The van der Waals surface area contributed by atoms with Crippen molar-refractivity contribution in [1.29, 1.82) is 0 Å². The predicted octanol–water partition coefficient (Wildman–Crippen LogP) is 0.189. The number of nitrogens with one attached hydrogen (secondary N) is 2. The Labute approximate surface area is 106 Å². The molecule has 0 aromatic heterocycles. The molecule has 0 unspecified atom stereocenters. The summed E-state index contributed by atoms with van der Waals surface area (Å²) in [7, 11) is 1.20. The van der Waals surface area contributed by atoms with E-state index in [2.05, 4.69) is 15.4 Å². The number of hydrogen-bond donors (Lipinski definition) is 2. The monoisotopic (exact) mass is 260 g/mol. The van der Waals surface area contributed by atoms with E-state index in [-0.39, 0.29) is 6.54 Å². The average molecular weight is 260 g/mol. The van der Waals surface area contributed by atoms with Crippen LogP contribution in [0.25, 0.3) is 0 Å². The molecule has 18 heavy (non-hydrogen) atoms. The Kier molecular flexibility index (Phi) is 6.15. The molecule has 0 aliphatic heterocycles. The van der Waals surface area contributed by atoms with Gasteiger partial charge < -0.3 is 20.1 Å². The fraction of sp³-hybridized carbons (Fsp3) is 0.727. The van der Waals surface area contributed by atoms with Gasteiger partial charge in [-0.25, -0.2) is 9.59 Å². The Morgan fingerprint density at radius 1 is 1.22 bits per heavy atom. The fourth-order valence-electron chi connectivity index (χ4n) is 1.08. The highest BCUT2D eigenvalue weighted by Crippen LogP contribution is 2.06. The average Bonchev–Trinajstić information content (AvgIpc) is 2.20. The van der Waals surface area contributed by atoms with Crippen molar-refractivity contribution in [2.45, 2.75) is 39.3 Å². The van der Waals surface area contributed by atoms with Crippen LogP contribution in [0.1, 0.15) is 27.7 Å². The molecular formula is C11H20N2O5. The molecule has 0 spiro atoms. The zero-order valence-electron chi connectivity index (χ0n) is 11.3. The Hall–Kier alpha value is -1.79. The summed E-state index contributed by atoms with van der Waals surface area (Å²) in [6, 6.07) is -0.931. The third kappa shape index (κ3) is 7.48. The van der Waals surface area contributed by atoms with Crippen LogP contribution in [0.2, 0.25) is 0 Å². The van der Waals surface area contributed by atoms with Crippen molar-refractivity contribution in [1.82, 2.24) is 10.6 Å². The van der Waals surface area contributed by atoms with Gasteiger partial charge in [-0.05, 0) is 20.8 Å². The minimum Gasteiger partial charge on any atom is -0.467 e. The van der Waals surface area contributed by atoms with Crippen LogP contribution < -0.4 is 10.6 Å². The van der Waals surface area contributed by atoms with Crippen LogP contribution >= 0.6 is 0 Å². The molecule has 0 fully saturated rings. The van der Waals surface area contributed by atoms with E-state index in [1.165, 1.54) is 14.0 Å². The molecule has 0 bridgehead atoms. The maximum Gasteiger partial charge on any atom is 0.407 e. The van der Waals surface area contributed by atoms with E-state index in [0.717, 1.165) is 0 Å². The van der Waals surface area contributed by atoms with Gasteiger partial charge in [-0.3, -0.25) is 4.79 Å². The van der Waals surface area contributed by atoms with E-state index in [4.69, 9.17) is 4.74 Å². The molecular weight excluding hydrogens is 240 g/mol. The number of rotatable bonds is 4. The lowest BCUT2D eigenvalue weighted by Gasteiger charge is -2.21. The van der Waals surface area contributed by atoms with Gasteiger partial charge in [0.15, 0.2) is 0 Å². The number of esters is 1. The summed E-state index contributed by atoms with van der Waals surface area (Å²) in [4.78, 5) is 33.6. The first-order chi connectivity index (χ1) is 8.15. The van der Waals surface area contributed by atoms with Crippen molar-refractivity contribution in [3.05, 3.63) is 0 Å². The first-order valence-corrected chi connectivity index (χ1v) is 5.47. The summed E-state index contributed by atoms with van der Waals surface area (Å²) in [5.74, 6) is -1.03. The van der Waals surface area contributed by atoms with Crippen LogP contribution in [0.4, 0.5) is 4.79 Å². The molecule has 0 aromatic rings. The Bertz CT molecular complexity index is 322. The summed E-state index contributed by atoms with van der Waals surface area (Å²) in [5, 5.41) is 4.75. The first-order valence-electron chi connectivity index (χ1n) is 5.47. The lowest BCUT2D eigenvalue weighted by Crippen LogP contribution is -2.49. The Morgan fingerprint density at radius 2 is 1.78 bits per heavy atom. The minimum atomic E-state index is -0.931. The molecule has 2 amide bonds. The van der Waals surface area contributed by atoms with E-state index in [1.54, 1.807) is 20.8 Å². The van der Waals surface area contributed by atoms with E-state index in [1.807, 2.05) is 0 Å². The molecule has 0 rings (SSSR count). The highest BCUT2D eigenvalue weighted by Gasteiger charge is 2.22. The largest absolute Gasteiger partial charge is 0.467 e. The molecule has 104 valence electrons. The Balaban J connectivity index is 4.30. The van der Waals surface area contributed by atoms with Crippen molar-refractivity contribution in [2.75, 3.05) is 13.7 Å². The number of methoxy groups -OCH3 is 1. The third-order valence-corrected chi connectivity index (χ3v) is 1.71. The van der Waals surface area contributed by atoms with Crippen molar-refractivity contribution >= 4 is 18.0 Å². The van der Waals surface area contributed by atoms with Gasteiger partial charge in [0.25, 0.3) is 0 Å². The maximum absolute atomic E-state index is 11.4. The first kappa shape index (κ1) is 16.2. The van der Waals surface area contributed by atoms with Crippen LogP contribution in [0, 0.1) is 0 Å². The molecule has 1 atom stereocenters. The van der Waals surface area contributed by atoms with Gasteiger partial charge in [-0.15, -0.1) is 0 Å². The molecule has 7 heteroatoms. The molecule has 0 heterocycles. The van der Waals surface area contributed by atoms with E-state index in [0.29, 0.717) is 0 Å². The SMILES string of the molecule is COC(=O)[C@H](CNC(=O)OC(C)(C)C)NC(C)=O. The third-order valence-electron chi connectivity index (χ3n) is 1.71. The lowest BCUT2D eigenvalue weighted by atomic mass is 10.2. The van der Waals surface area contributed by atoms with Crippen molar-refractivity contribution in [2.24, 2.45) is 0 Å². The van der Waals surface area contributed by atoms with Crippen LogP contribution in [-0.4, -0.2) is 43.3 Å². The standard InChI is InChI=1S/C11H20N2O5/c1-7(14)13-8(9(15)17-5)6-12-10(16)18-11(2,3)4/h8H,6H2,1-5H3,(H,12,16)(H,13,14)/t8-/m0/s1. The second kappa shape index (κ2) is 6.83. The van der Waals surface area contributed by atoms with Gasteiger partial charge in [0.1, 0.15) is 11.6 Å². The quantitative estimate of drug-likeness (QED) is 0.704. The minimum absolute atomic E-state index is 0.0961. The van der Waals surface area contributed by atoms with Gasteiger partial charge >= 0.3 is 12.1 Å². The lowest BCUT2D eigenvalue weighted by molar-refractivity contribution is -0.144. The molecule has 0 aromatic carbocycles. The number of amides is 2. The van der Waals surface area contributed by atoms with Gasteiger partial charge in [0.05, 0.1) is 13.7 Å². The summed E-state index contributed by atoms with van der Waals surface area (Å²) in [6.07, 6.45) is -0.665. The number of carbonyl (C=O) groups excluding carboxylic acids is 3. The Morgan fingerprint density at radius 3 is 2.17 bits per heavy atom. The fourth-order valence-corrected chi connectivity index (χ4v) is 1.08.